The highest BCUT2D eigenvalue weighted by molar-refractivity contribution is 4.82. The van der Waals surface area contributed by atoms with Gasteiger partial charge in [-0.1, -0.05) is 6.92 Å². The quantitative estimate of drug-likeness (QED) is 0.756. The van der Waals surface area contributed by atoms with Crippen molar-refractivity contribution in [2.75, 3.05) is 39.3 Å². The molecule has 1 saturated heterocycles. The number of hydrogen-bond donors (Lipinski definition) is 1. The average Bonchev–Trinajstić information content (AvgIpc) is 2.70. The molecular formula is C12H24N6O. The molecule has 7 heteroatoms. The number of aliphatic hydroxyl groups excluding tert-OH is 1. The highest BCUT2D eigenvalue weighted by Crippen LogP contribution is 2.07. The van der Waals surface area contributed by atoms with E-state index in [1.165, 1.54) is 0 Å². The summed E-state index contributed by atoms with van der Waals surface area (Å²) in [5.74, 6) is 0.956. The molecule has 0 radical (unpaired) electrons. The Morgan fingerprint density at radius 2 is 1.89 bits per heavy atom. The van der Waals surface area contributed by atoms with Crippen molar-refractivity contribution < 1.29 is 5.11 Å². The van der Waals surface area contributed by atoms with Gasteiger partial charge in [-0.25, -0.2) is 4.68 Å². The molecule has 2 rings (SSSR count). The van der Waals surface area contributed by atoms with E-state index in [1.807, 2.05) is 4.68 Å². The van der Waals surface area contributed by atoms with E-state index in [2.05, 4.69) is 32.2 Å². The molecule has 2 heterocycles. The van der Waals surface area contributed by atoms with E-state index in [0.29, 0.717) is 0 Å². The van der Waals surface area contributed by atoms with Crippen LogP contribution in [0, 0.1) is 0 Å². The lowest BCUT2D eigenvalue weighted by Gasteiger charge is -2.20. The molecule has 0 spiro atoms. The van der Waals surface area contributed by atoms with Crippen molar-refractivity contribution in [3.05, 3.63) is 5.82 Å². The van der Waals surface area contributed by atoms with E-state index in [9.17, 15) is 0 Å². The van der Waals surface area contributed by atoms with E-state index in [1.54, 1.807) is 0 Å². The van der Waals surface area contributed by atoms with Gasteiger partial charge in [0.25, 0.3) is 0 Å². The van der Waals surface area contributed by atoms with Gasteiger partial charge in [-0.2, -0.15) is 0 Å². The maximum atomic E-state index is 8.99. The van der Waals surface area contributed by atoms with Crippen LogP contribution in [-0.2, 0) is 13.1 Å². The molecule has 19 heavy (non-hydrogen) atoms. The molecule has 1 aromatic heterocycles. The summed E-state index contributed by atoms with van der Waals surface area (Å²) in [6, 6.07) is 0. The molecule has 1 N–H and O–H groups in total. The van der Waals surface area contributed by atoms with Crippen LogP contribution >= 0.6 is 0 Å². The molecule has 7 nitrogen and oxygen atoms in total. The number of hydrogen-bond acceptors (Lipinski definition) is 6. The van der Waals surface area contributed by atoms with Crippen molar-refractivity contribution >= 4 is 0 Å². The third-order valence-corrected chi connectivity index (χ3v) is 3.50. The minimum Gasteiger partial charge on any atom is -0.395 e. The highest BCUT2D eigenvalue weighted by Gasteiger charge is 2.16. The lowest BCUT2D eigenvalue weighted by atomic mass is 10.3. The Labute approximate surface area is 114 Å². The third-order valence-electron chi connectivity index (χ3n) is 3.50. The molecule has 0 amide bonds. The van der Waals surface area contributed by atoms with Crippen LogP contribution < -0.4 is 0 Å². The van der Waals surface area contributed by atoms with Crippen molar-refractivity contribution in [3.63, 3.8) is 0 Å². The van der Waals surface area contributed by atoms with Crippen molar-refractivity contribution in [3.8, 4) is 0 Å². The number of aryl methyl sites for hydroxylation is 1. The van der Waals surface area contributed by atoms with Gasteiger partial charge < -0.3 is 5.11 Å². The molecule has 0 bridgehead atoms. The molecule has 1 aliphatic heterocycles. The predicted octanol–water partition coefficient (Wildman–Crippen LogP) is -0.417. The largest absolute Gasteiger partial charge is 0.395 e. The van der Waals surface area contributed by atoms with Crippen LogP contribution in [0.2, 0.25) is 0 Å². The molecular weight excluding hydrogens is 244 g/mol. The maximum Gasteiger partial charge on any atom is 0.165 e. The van der Waals surface area contributed by atoms with E-state index in [-0.39, 0.29) is 6.61 Å². The van der Waals surface area contributed by atoms with Gasteiger partial charge in [-0.15, -0.1) is 5.10 Å². The smallest absolute Gasteiger partial charge is 0.165 e. The first-order valence-electron chi connectivity index (χ1n) is 7.14. The summed E-state index contributed by atoms with van der Waals surface area (Å²) in [5.41, 5.74) is 0. The summed E-state index contributed by atoms with van der Waals surface area (Å²) in [7, 11) is 0. The van der Waals surface area contributed by atoms with Gasteiger partial charge in [0.05, 0.1) is 13.2 Å². The summed E-state index contributed by atoms with van der Waals surface area (Å²) in [6.07, 6.45) is 2.18. The van der Waals surface area contributed by atoms with E-state index in [4.69, 9.17) is 5.11 Å². The Kier molecular flexibility index (Phi) is 5.68. The molecule has 108 valence electrons. The molecule has 0 aliphatic carbocycles. The van der Waals surface area contributed by atoms with Crippen molar-refractivity contribution in [2.24, 2.45) is 0 Å². The van der Waals surface area contributed by atoms with Crippen molar-refractivity contribution in [1.82, 2.24) is 30.0 Å². The van der Waals surface area contributed by atoms with E-state index >= 15 is 0 Å². The summed E-state index contributed by atoms with van der Waals surface area (Å²) in [4.78, 5) is 4.71. The molecule has 1 aromatic rings. The maximum absolute atomic E-state index is 8.99. The molecule has 1 fully saturated rings. The second-order valence-electron chi connectivity index (χ2n) is 5.01. The third kappa shape index (κ3) is 4.22. The van der Waals surface area contributed by atoms with Crippen LogP contribution in [0.3, 0.4) is 0 Å². The molecule has 0 saturated carbocycles. The fraction of sp³-hybridized carbons (Fsp3) is 0.917. The normalized spacial score (nSPS) is 18.6. The van der Waals surface area contributed by atoms with Gasteiger partial charge >= 0.3 is 0 Å². The Balaban J connectivity index is 1.86. The van der Waals surface area contributed by atoms with Crippen LogP contribution in [0.5, 0.6) is 0 Å². The zero-order chi connectivity index (χ0) is 13.5. The first-order valence-corrected chi connectivity index (χ1v) is 7.14. The van der Waals surface area contributed by atoms with Crippen LogP contribution in [-0.4, -0.2) is 74.4 Å². The second-order valence-corrected chi connectivity index (χ2v) is 5.01. The lowest BCUT2D eigenvalue weighted by molar-refractivity contribution is 0.195. The SMILES string of the molecule is CCCn1nnnc1CN1CCCN(CCO)CC1. The number of rotatable bonds is 6. The number of β-amino-alcohol motifs (C(OH)–C–C–N with tert-alkyl or cyclic N) is 1. The highest BCUT2D eigenvalue weighted by atomic mass is 16.3. The first kappa shape index (κ1) is 14.4. The van der Waals surface area contributed by atoms with Crippen LogP contribution in [0.4, 0.5) is 0 Å². The van der Waals surface area contributed by atoms with Gasteiger partial charge in [0, 0.05) is 26.2 Å². The summed E-state index contributed by atoms with van der Waals surface area (Å²) in [6.45, 7) is 9.01. The minimum atomic E-state index is 0.245. The Morgan fingerprint density at radius 1 is 1.11 bits per heavy atom. The zero-order valence-corrected chi connectivity index (χ0v) is 11.7. The van der Waals surface area contributed by atoms with Gasteiger partial charge in [0.15, 0.2) is 5.82 Å². The molecule has 0 unspecified atom stereocenters. The van der Waals surface area contributed by atoms with Gasteiger partial charge in [-0.3, -0.25) is 9.80 Å². The number of aliphatic hydroxyl groups is 1. The van der Waals surface area contributed by atoms with E-state index < -0.39 is 0 Å². The zero-order valence-electron chi connectivity index (χ0n) is 11.7. The minimum absolute atomic E-state index is 0.245. The molecule has 1 aliphatic rings. The predicted molar refractivity (Wildman–Crippen MR) is 71.5 cm³/mol. The van der Waals surface area contributed by atoms with Crippen molar-refractivity contribution in [1.29, 1.82) is 0 Å². The number of tetrazole rings is 1. The lowest BCUT2D eigenvalue weighted by Crippen LogP contribution is -2.32. The Morgan fingerprint density at radius 3 is 2.68 bits per heavy atom. The fourth-order valence-corrected chi connectivity index (χ4v) is 2.47. The Hall–Kier alpha value is -1.05. The fourth-order valence-electron chi connectivity index (χ4n) is 2.47. The van der Waals surface area contributed by atoms with Crippen LogP contribution in [0.15, 0.2) is 0 Å². The monoisotopic (exact) mass is 268 g/mol. The number of aromatic nitrogens is 4. The van der Waals surface area contributed by atoms with Crippen LogP contribution in [0.1, 0.15) is 25.6 Å². The Bertz CT molecular complexity index is 369. The van der Waals surface area contributed by atoms with Crippen molar-refractivity contribution in [2.45, 2.75) is 32.9 Å². The number of nitrogens with zero attached hydrogens (tertiary/aromatic N) is 6. The van der Waals surface area contributed by atoms with Crippen LogP contribution in [0.25, 0.3) is 0 Å². The summed E-state index contributed by atoms with van der Waals surface area (Å²) >= 11 is 0. The standard InChI is InChI=1S/C12H24N6O/c1-2-4-18-12(13-14-15-18)11-17-6-3-5-16(7-8-17)9-10-19/h19H,2-11H2,1H3. The topological polar surface area (TPSA) is 70.3 Å². The summed E-state index contributed by atoms with van der Waals surface area (Å²) in [5, 5.41) is 20.9. The summed E-state index contributed by atoms with van der Waals surface area (Å²) < 4.78 is 1.90. The van der Waals surface area contributed by atoms with Gasteiger partial charge in [0.2, 0.25) is 0 Å². The first-order chi connectivity index (χ1) is 9.33. The van der Waals surface area contributed by atoms with Gasteiger partial charge in [-0.05, 0) is 36.4 Å². The molecule has 0 atom stereocenters. The van der Waals surface area contributed by atoms with E-state index in [0.717, 1.165) is 64.5 Å². The molecule has 0 aromatic carbocycles. The average molecular weight is 268 g/mol. The second kappa shape index (κ2) is 7.52. The van der Waals surface area contributed by atoms with Gasteiger partial charge in [0.1, 0.15) is 0 Å².